The van der Waals surface area contributed by atoms with Gasteiger partial charge in [0, 0.05) is 25.1 Å². The number of hydrogen-bond acceptors (Lipinski definition) is 14. The third-order valence-corrected chi connectivity index (χ3v) is 12.9. The molecular weight excluding hydrogens is 961 g/mol. The maximum atomic E-state index is 14.8. The molecule has 3 aromatic rings. The Morgan fingerprint density at radius 2 is 1.33 bits per heavy atom. The van der Waals surface area contributed by atoms with Crippen LogP contribution in [-0.2, 0) is 65.3 Å². The fourth-order valence-electron chi connectivity index (χ4n) is 7.84. The van der Waals surface area contributed by atoms with Crippen LogP contribution in [0.25, 0.3) is 0 Å². The van der Waals surface area contributed by atoms with Gasteiger partial charge in [-0.25, -0.2) is 4.79 Å². The van der Waals surface area contributed by atoms with Gasteiger partial charge in [-0.1, -0.05) is 100 Å². The smallest absolute Gasteiger partial charge is 0.435 e. The number of benzene rings is 3. The minimum atomic E-state index is -4.74. The Morgan fingerprint density at radius 3 is 1.95 bits per heavy atom. The number of ether oxygens (including phenoxy) is 3. The lowest BCUT2D eigenvalue weighted by Crippen LogP contribution is -2.60. The van der Waals surface area contributed by atoms with Crippen LogP contribution >= 0.6 is 0 Å². The molecule has 19 nitrogen and oxygen atoms in total. The minimum absolute atomic E-state index is 0.0480. The number of Topliss-reactive ketones (excluding diaryl/α,β-unsaturated/α-hetero) is 1. The largest absolute Gasteiger partial charge is 0.509 e. The van der Waals surface area contributed by atoms with Crippen LogP contribution in [0, 0.1) is 24.2 Å². The van der Waals surface area contributed by atoms with Crippen molar-refractivity contribution in [1.82, 2.24) is 31.5 Å². The van der Waals surface area contributed by atoms with E-state index in [2.05, 4.69) is 32.5 Å². The van der Waals surface area contributed by atoms with E-state index in [1.807, 2.05) is 49.1 Å². The number of morpholine rings is 1. The van der Waals surface area contributed by atoms with Crippen LogP contribution in [0.3, 0.4) is 0 Å². The molecule has 4 rings (SSSR count). The van der Waals surface area contributed by atoms with E-state index in [-0.39, 0.29) is 68.7 Å². The fourth-order valence-corrected chi connectivity index (χ4v) is 8.88. The highest BCUT2D eigenvalue weighted by Crippen LogP contribution is 2.24. The van der Waals surface area contributed by atoms with E-state index in [1.54, 1.807) is 44.2 Å². The zero-order chi connectivity index (χ0) is 53.6. The average Bonchev–Trinajstić information content (AvgIpc) is 3.36. The van der Waals surface area contributed by atoms with Crippen molar-refractivity contribution in [2.24, 2.45) is 11.8 Å². The van der Waals surface area contributed by atoms with Crippen molar-refractivity contribution >= 4 is 51.6 Å². The summed E-state index contributed by atoms with van der Waals surface area (Å²) in [7, 11) is -4.74. The number of amides is 5. The second-order valence-corrected chi connectivity index (χ2v) is 20.3. The summed E-state index contributed by atoms with van der Waals surface area (Å²) < 4.78 is 48.4. The predicted octanol–water partition coefficient (Wildman–Crippen LogP) is 3.49. The molecule has 1 aliphatic heterocycles. The van der Waals surface area contributed by atoms with E-state index in [1.165, 1.54) is 19.1 Å². The van der Waals surface area contributed by atoms with Gasteiger partial charge in [-0.3, -0.25) is 37.9 Å². The second-order valence-electron chi connectivity index (χ2n) is 18.7. The lowest BCUT2D eigenvalue weighted by molar-refractivity contribution is -0.146. The molecule has 0 bridgehead atoms. The molecule has 0 spiro atoms. The Balaban J connectivity index is 1.62. The number of hydrogen-bond donors (Lipinski definition) is 5. The normalized spacial score (nSPS) is 15.3. The quantitative estimate of drug-likeness (QED) is 0.0397. The fraction of sp³-hybridized carbons (Fsp3) is 0.491. The Morgan fingerprint density at radius 1 is 0.753 bits per heavy atom. The number of nitrogens with zero attached hydrogens (tertiary/aromatic N) is 1. The molecule has 0 radical (unpaired) electrons. The van der Waals surface area contributed by atoms with E-state index in [9.17, 15) is 42.0 Å². The predicted molar refractivity (Wildman–Crippen MR) is 271 cm³/mol. The van der Waals surface area contributed by atoms with E-state index in [4.69, 9.17) is 24.8 Å². The number of carbonyl (C=O) groups excluding carboxylic acids is 7. The van der Waals surface area contributed by atoms with E-state index >= 15 is 0 Å². The van der Waals surface area contributed by atoms with Gasteiger partial charge in [0.2, 0.25) is 29.4 Å². The van der Waals surface area contributed by atoms with Crippen LogP contribution in [0.15, 0.2) is 89.8 Å². The van der Waals surface area contributed by atoms with Crippen molar-refractivity contribution in [3.8, 4) is 12.3 Å². The second kappa shape index (κ2) is 29.1. The van der Waals surface area contributed by atoms with E-state index in [0.29, 0.717) is 38.3 Å². The van der Waals surface area contributed by atoms with Crippen LogP contribution in [-0.4, -0.2) is 137 Å². The summed E-state index contributed by atoms with van der Waals surface area (Å²) in [4.78, 5) is 98.4. The highest BCUT2D eigenvalue weighted by atomic mass is 32.2. The van der Waals surface area contributed by atoms with Crippen molar-refractivity contribution in [3.63, 3.8) is 0 Å². The summed E-state index contributed by atoms with van der Waals surface area (Å²) in [5.41, 5.74) is -0.884. The molecule has 5 N–H and O–H groups in total. The topological polar surface area (TPSA) is 254 Å². The van der Waals surface area contributed by atoms with Gasteiger partial charge in [-0.05, 0) is 80.7 Å². The molecule has 1 aliphatic rings. The maximum absolute atomic E-state index is 14.8. The summed E-state index contributed by atoms with van der Waals surface area (Å²) >= 11 is 0. The third-order valence-electron chi connectivity index (χ3n) is 11.6. The summed E-state index contributed by atoms with van der Waals surface area (Å²) in [5, 5.41) is 13.7. The van der Waals surface area contributed by atoms with Crippen LogP contribution in [0.4, 0.5) is 4.79 Å². The van der Waals surface area contributed by atoms with Gasteiger partial charge >= 0.3 is 6.16 Å². The lowest BCUT2D eigenvalue weighted by atomic mass is 9.90. The van der Waals surface area contributed by atoms with Gasteiger partial charge in [0.25, 0.3) is 16.0 Å². The first-order valence-electron chi connectivity index (χ1n) is 24.4. The van der Waals surface area contributed by atoms with Gasteiger partial charge in [0.1, 0.15) is 24.7 Å². The molecule has 1 fully saturated rings. The number of rotatable bonds is 28. The number of aryl methyl sites for hydroxylation is 1. The Bertz CT molecular complexity index is 2480. The summed E-state index contributed by atoms with van der Waals surface area (Å²) in [6, 6.07) is 18.1. The molecule has 1 heterocycles. The Kier molecular flexibility index (Phi) is 23.5. The summed E-state index contributed by atoms with van der Waals surface area (Å²) in [6.45, 7) is 10.6. The van der Waals surface area contributed by atoms with Crippen molar-refractivity contribution in [1.29, 1.82) is 0 Å². The molecule has 1 saturated heterocycles. The number of ketones is 1. The number of carbonyl (C=O) groups is 7. The van der Waals surface area contributed by atoms with Crippen molar-refractivity contribution in [3.05, 3.63) is 102 Å². The van der Waals surface area contributed by atoms with Crippen LogP contribution < -0.4 is 26.6 Å². The van der Waals surface area contributed by atoms with Crippen LogP contribution in [0.2, 0.25) is 0 Å². The monoisotopic (exact) mass is 1030 g/mol. The van der Waals surface area contributed by atoms with Gasteiger partial charge in [0.05, 0.1) is 43.8 Å². The first kappa shape index (κ1) is 58.9. The van der Waals surface area contributed by atoms with E-state index in [0.717, 1.165) is 24.6 Å². The average molecular weight is 1030 g/mol. The van der Waals surface area contributed by atoms with Gasteiger partial charge < -0.3 is 40.8 Å². The Hall–Kier alpha value is -6.66. The molecule has 20 heteroatoms. The third kappa shape index (κ3) is 19.7. The van der Waals surface area contributed by atoms with Crippen molar-refractivity contribution in [2.45, 2.75) is 108 Å². The molecule has 0 aliphatic carbocycles. The maximum Gasteiger partial charge on any atom is 0.509 e. The van der Waals surface area contributed by atoms with Crippen LogP contribution in [0.1, 0.15) is 82.3 Å². The highest BCUT2D eigenvalue weighted by molar-refractivity contribution is 7.86. The molecule has 5 amide bonds. The van der Waals surface area contributed by atoms with Gasteiger partial charge in [-0.2, -0.15) is 8.42 Å². The zero-order valence-electron chi connectivity index (χ0n) is 42.5. The molecule has 5 atom stereocenters. The Labute approximate surface area is 428 Å². The minimum Gasteiger partial charge on any atom is -0.435 e. The molecule has 396 valence electrons. The van der Waals surface area contributed by atoms with Gasteiger partial charge in [-0.15, -0.1) is 6.42 Å². The van der Waals surface area contributed by atoms with Crippen molar-refractivity contribution in [2.75, 3.05) is 52.6 Å². The molecule has 0 aromatic heterocycles. The van der Waals surface area contributed by atoms with E-state index < -0.39 is 87.0 Å². The zero-order valence-corrected chi connectivity index (χ0v) is 43.3. The highest BCUT2D eigenvalue weighted by Gasteiger charge is 2.45. The molecule has 3 aromatic carbocycles. The van der Waals surface area contributed by atoms with Gasteiger partial charge in [0.15, 0.2) is 5.60 Å². The number of terminal acetylenes is 1. The molecule has 73 heavy (non-hydrogen) atoms. The standard InChI is InChI=1S/C53H70N6O13S/c1-8-25-54-48(62)40-21-16-22-41(33-40)73(67,68)71-35-53(7,72-52(66)70-9-2)47(61)43(30-36(3)4)56-51(65)45(32-39-19-14-11-15-20-39)58-50(64)44(31-37(5)6)57-49(63)42(24-23-38-17-12-10-13-18-38)55-46(60)34-59-26-28-69-29-27-59/h1,10-22,33,36-37,42-45H,9,23-32,34-35H2,2-7H3,(H,54,62)(H,55,60)(H,56,65)(H,57,63)(H,58,64)/t42-,43?,44-,45-,53?/m0/s1. The lowest BCUT2D eigenvalue weighted by Gasteiger charge is -2.32. The first-order chi connectivity index (χ1) is 34.7. The van der Waals surface area contributed by atoms with Crippen LogP contribution in [0.5, 0.6) is 0 Å². The SMILES string of the molecule is C#CCNC(=O)c1cccc(S(=O)(=O)OCC(C)(OC(=O)OCC)C(=O)C(CC(C)C)NC(=O)[C@H](Cc2ccccc2)NC(=O)[C@H](CC(C)C)NC(=O)[C@H](CCc2ccccc2)NC(=O)CN2CCOCC2)c1. The molecule has 2 unspecified atom stereocenters. The summed E-state index contributed by atoms with van der Waals surface area (Å²) in [5.74, 6) is -2.28. The summed E-state index contributed by atoms with van der Waals surface area (Å²) in [6.07, 6.45) is 4.60. The molecular formula is C53H70N6O13S. The number of nitrogens with one attached hydrogen (secondary N) is 5. The first-order valence-corrected chi connectivity index (χ1v) is 25.8. The molecule has 0 saturated carbocycles. The van der Waals surface area contributed by atoms with Crippen molar-refractivity contribution < 1.29 is 60.4 Å².